The van der Waals surface area contributed by atoms with Crippen molar-refractivity contribution in [3.63, 3.8) is 0 Å². The molecule has 2 nitrogen and oxygen atoms in total. The number of aromatic nitrogens is 1. The molecule has 3 heteroatoms. The Balaban J connectivity index is 2.01. The lowest BCUT2D eigenvalue weighted by Gasteiger charge is -2.26. The van der Waals surface area contributed by atoms with Crippen molar-refractivity contribution in [3.8, 4) is 0 Å². The van der Waals surface area contributed by atoms with Crippen molar-refractivity contribution < 1.29 is 0 Å². The van der Waals surface area contributed by atoms with Crippen LogP contribution in [-0.4, -0.2) is 23.5 Å². The maximum atomic E-state index is 5.75. The normalized spacial score (nSPS) is 20.9. The third-order valence-corrected chi connectivity index (χ3v) is 3.31. The van der Waals surface area contributed by atoms with Crippen molar-refractivity contribution >= 4 is 17.3 Å². The standard InChI is InChI=1S/C12H17ClN2/c13-7-1-3-11-4-2-10-15(11)12-5-8-14-9-6-12/h5-6,8-9,11H,1-4,7,10H2. The Morgan fingerprint density at radius 2 is 2.20 bits per heavy atom. The summed E-state index contributed by atoms with van der Waals surface area (Å²) in [5.74, 6) is 0.778. The topological polar surface area (TPSA) is 16.1 Å². The highest BCUT2D eigenvalue weighted by Crippen LogP contribution is 2.27. The fourth-order valence-electron chi connectivity index (χ4n) is 2.32. The largest absolute Gasteiger partial charge is 0.368 e. The Labute approximate surface area is 96.3 Å². The number of rotatable bonds is 4. The fraction of sp³-hybridized carbons (Fsp3) is 0.583. The van der Waals surface area contributed by atoms with Crippen molar-refractivity contribution in [3.05, 3.63) is 24.5 Å². The van der Waals surface area contributed by atoms with E-state index in [1.165, 1.54) is 31.5 Å². The Morgan fingerprint density at radius 3 is 2.93 bits per heavy atom. The molecule has 0 amide bonds. The highest BCUT2D eigenvalue weighted by molar-refractivity contribution is 6.17. The van der Waals surface area contributed by atoms with Gasteiger partial charge in [-0.3, -0.25) is 4.98 Å². The second-order valence-corrected chi connectivity index (χ2v) is 4.40. The average molecular weight is 225 g/mol. The summed E-state index contributed by atoms with van der Waals surface area (Å²) in [6.45, 7) is 1.18. The van der Waals surface area contributed by atoms with Gasteiger partial charge in [-0.05, 0) is 37.8 Å². The molecule has 1 aromatic rings. The molecule has 0 bridgehead atoms. The highest BCUT2D eigenvalue weighted by Gasteiger charge is 2.23. The van der Waals surface area contributed by atoms with Crippen LogP contribution in [0.3, 0.4) is 0 Å². The summed E-state index contributed by atoms with van der Waals surface area (Å²) in [6, 6.07) is 4.88. The summed E-state index contributed by atoms with van der Waals surface area (Å²) in [6.07, 6.45) is 8.67. The van der Waals surface area contributed by atoms with Gasteiger partial charge < -0.3 is 4.90 Å². The fourth-order valence-corrected chi connectivity index (χ4v) is 2.48. The van der Waals surface area contributed by atoms with Crippen LogP contribution >= 0.6 is 11.6 Å². The molecule has 1 fully saturated rings. The first kappa shape index (κ1) is 10.7. The lowest BCUT2D eigenvalue weighted by atomic mass is 10.1. The monoisotopic (exact) mass is 224 g/mol. The minimum absolute atomic E-state index is 0.686. The van der Waals surface area contributed by atoms with Gasteiger partial charge in [-0.15, -0.1) is 11.6 Å². The van der Waals surface area contributed by atoms with Crippen LogP contribution in [0.1, 0.15) is 25.7 Å². The van der Waals surface area contributed by atoms with Gasteiger partial charge in [0.15, 0.2) is 0 Å². The molecule has 0 saturated carbocycles. The molecule has 1 unspecified atom stereocenters. The number of hydrogen-bond acceptors (Lipinski definition) is 2. The second-order valence-electron chi connectivity index (χ2n) is 4.03. The second kappa shape index (κ2) is 5.36. The van der Waals surface area contributed by atoms with Gasteiger partial charge in [0.05, 0.1) is 0 Å². The zero-order valence-corrected chi connectivity index (χ0v) is 9.66. The van der Waals surface area contributed by atoms with E-state index in [1.54, 1.807) is 0 Å². The van der Waals surface area contributed by atoms with Crippen LogP contribution < -0.4 is 4.90 Å². The smallest absolute Gasteiger partial charge is 0.0399 e. The van der Waals surface area contributed by atoms with E-state index < -0.39 is 0 Å². The molecule has 1 saturated heterocycles. The summed E-state index contributed by atoms with van der Waals surface area (Å²) < 4.78 is 0. The van der Waals surface area contributed by atoms with E-state index in [4.69, 9.17) is 11.6 Å². The van der Waals surface area contributed by atoms with E-state index in [0.29, 0.717) is 6.04 Å². The van der Waals surface area contributed by atoms with Crippen molar-refractivity contribution in [2.45, 2.75) is 31.7 Å². The highest BCUT2D eigenvalue weighted by atomic mass is 35.5. The van der Waals surface area contributed by atoms with Crippen LogP contribution in [-0.2, 0) is 0 Å². The van der Waals surface area contributed by atoms with Crippen LogP contribution in [0.2, 0.25) is 0 Å². The SMILES string of the molecule is ClCCCC1CCCN1c1ccncc1. The molecule has 0 spiro atoms. The minimum atomic E-state index is 0.686. The van der Waals surface area contributed by atoms with Gasteiger partial charge in [-0.1, -0.05) is 0 Å². The molecule has 1 atom stereocenters. The van der Waals surface area contributed by atoms with Crippen molar-refractivity contribution in [1.82, 2.24) is 4.98 Å². The summed E-state index contributed by atoms with van der Waals surface area (Å²) in [5, 5.41) is 0. The molecule has 0 aromatic carbocycles. The number of hydrogen-bond donors (Lipinski definition) is 0. The van der Waals surface area contributed by atoms with Crippen LogP contribution in [0.25, 0.3) is 0 Å². The zero-order valence-electron chi connectivity index (χ0n) is 8.90. The quantitative estimate of drug-likeness (QED) is 0.731. The van der Waals surface area contributed by atoms with Crippen molar-refractivity contribution in [2.75, 3.05) is 17.3 Å². The maximum absolute atomic E-state index is 5.75. The van der Waals surface area contributed by atoms with E-state index >= 15 is 0 Å². The Bertz CT molecular complexity index is 289. The van der Waals surface area contributed by atoms with Gasteiger partial charge in [-0.25, -0.2) is 0 Å². The molecule has 2 rings (SSSR count). The minimum Gasteiger partial charge on any atom is -0.368 e. The summed E-state index contributed by atoms with van der Waals surface area (Å²) in [7, 11) is 0. The molecular weight excluding hydrogens is 208 g/mol. The number of anilines is 1. The first-order chi connectivity index (χ1) is 7.42. The first-order valence-electron chi connectivity index (χ1n) is 5.64. The predicted molar refractivity (Wildman–Crippen MR) is 64.6 cm³/mol. The van der Waals surface area contributed by atoms with E-state index in [-0.39, 0.29) is 0 Å². The van der Waals surface area contributed by atoms with Gasteiger partial charge >= 0.3 is 0 Å². The average Bonchev–Trinajstić information content (AvgIpc) is 2.75. The van der Waals surface area contributed by atoms with E-state index in [0.717, 1.165) is 12.3 Å². The Hall–Kier alpha value is -0.760. The molecular formula is C12H17ClN2. The molecule has 1 aromatic heterocycles. The molecule has 0 aliphatic carbocycles. The lowest BCUT2D eigenvalue weighted by Crippen LogP contribution is -2.29. The molecule has 1 aliphatic rings. The third kappa shape index (κ3) is 2.63. The summed E-state index contributed by atoms with van der Waals surface area (Å²) in [4.78, 5) is 6.55. The van der Waals surface area contributed by atoms with Gasteiger partial charge in [0.2, 0.25) is 0 Å². The third-order valence-electron chi connectivity index (χ3n) is 3.04. The van der Waals surface area contributed by atoms with Crippen LogP contribution in [0.4, 0.5) is 5.69 Å². The van der Waals surface area contributed by atoms with Crippen molar-refractivity contribution in [1.29, 1.82) is 0 Å². The molecule has 0 N–H and O–H groups in total. The lowest BCUT2D eigenvalue weighted by molar-refractivity contribution is 0.602. The predicted octanol–water partition coefficient (Wildman–Crippen LogP) is 3.07. The summed E-state index contributed by atoms with van der Waals surface area (Å²) >= 11 is 5.75. The van der Waals surface area contributed by atoms with E-state index in [2.05, 4.69) is 22.0 Å². The van der Waals surface area contributed by atoms with Crippen LogP contribution in [0.5, 0.6) is 0 Å². The van der Waals surface area contributed by atoms with E-state index in [1.807, 2.05) is 12.4 Å². The van der Waals surface area contributed by atoms with Gasteiger partial charge in [0, 0.05) is 36.5 Å². The zero-order chi connectivity index (χ0) is 10.5. The Kier molecular flexibility index (Phi) is 3.84. The summed E-state index contributed by atoms with van der Waals surface area (Å²) in [5.41, 5.74) is 1.31. The van der Waals surface area contributed by atoms with Gasteiger partial charge in [-0.2, -0.15) is 0 Å². The molecule has 15 heavy (non-hydrogen) atoms. The van der Waals surface area contributed by atoms with E-state index in [9.17, 15) is 0 Å². The van der Waals surface area contributed by atoms with Crippen molar-refractivity contribution in [2.24, 2.45) is 0 Å². The molecule has 1 aliphatic heterocycles. The van der Waals surface area contributed by atoms with Crippen LogP contribution in [0, 0.1) is 0 Å². The number of alkyl halides is 1. The maximum Gasteiger partial charge on any atom is 0.0399 e. The van der Waals surface area contributed by atoms with Gasteiger partial charge in [0.25, 0.3) is 0 Å². The molecule has 0 radical (unpaired) electrons. The molecule has 82 valence electrons. The number of nitrogens with zero attached hydrogens (tertiary/aromatic N) is 2. The Morgan fingerprint density at radius 1 is 1.40 bits per heavy atom. The number of halogens is 1. The van der Waals surface area contributed by atoms with Gasteiger partial charge in [0.1, 0.15) is 0 Å². The molecule has 2 heterocycles. The van der Waals surface area contributed by atoms with Crippen LogP contribution in [0.15, 0.2) is 24.5 Å². The number of pyridine rings is 1. The first-order valence-corrected chi connectivity index (χ1v) is 6.18.